The number of carbonyl (C=O) groups is 1. The number of alkyl halides is 1. The zero-order valence-electron chi connectivity index (χ0n) is 12.8. The van der Waals surface area contributed by atoms with E-state index in [1.54, 1.807) is 13.0 Å². The molecule has 1 aromatic rings. The lowest BCUT2D eigenvalue weighted by molar-refractivity contribution is -0.159. The fourth-order valence-electron chi connectivity index (χ4n) is 1.85. The van der Waals surface area contributed by atoms with Crippen LogP contribution in [0, 0.1) is 0 Å². The maximum absolute atomic E-state index is 13.7. The Labute approximate surface area is 120 Å². The molecule has 0 fully saturated rings. The molecule has 3 nitrogen and oxygen atoms in total. The maximum atomic E-state index is 13.7. The Hall–Kier alpha value is -1.58. The number of hydrogen-bond donors (Lipinski definition) is 0. The molecule has 0 aromatic heterocycles. The smallest absolute Gasteiger partial charge is 0.381 e. The summed E-state index contributed by atoms with van der Waals surface area (Å²) in [6.45, 7) is 9.87. The molecule has 1 rings (SSSR count). The summed E-state index contributed by atoms with van der Waals surface area (Å²) in [4.78, 5) is 11.3. The lowest BCUT2D eigenvalue weighted by atomic mass is 9.85. The van der Waals surface area contributed by atoms with Gasteiger partial charge in [0.05, 0.1) is 6.61 Å². The van der Waals surface area contributed by atoms with Crippen molar-refractivity contribution in [2.75, 3.05) is 6.61 Å². The van der Waals surface area contributed by atoms with E-state index in [-0.39, 0.29) is 12.0 Å². The van der Waals surface area contributed by atoms with E-state index in [0.29, 0.717) is 5.75 Å². The van der Waals surface area contributed by atoms with Crippen LogP contribution >= 0.6 is 0 Å². The largest absolute Gasteiger partial charge is 0.461 e. The van der Waals surface area contributed by atoms with Gasteiger partial charge in [-0.3, -0.25) is 0 Å². The van der Waals surface area contributed by atoms with E-state index in [9.17, 15) is 9.18 Å². The Bertz CT molecular complexity index is 463. The summed E-state index contributed by atoms with van der Waals surface area (Å²) < 4.78 is 23.5. The van der Waals surface area contributed by atoms with Crippen molar-refractivity contribution in [2.45, 2.75) is 52.8 Å². The van der Waals surface area contributed by atoms with Crippen LogP contribution < -0.4 is 4.74 Å². The number of ether oxygens (including phenoxy) is 2. The van der Waals surface area contributed by atoms with Crippen molar-refractivity contribution in [2.24, 2.45) is 0 Å². The molecule has 0 spiro atoms. The molecule has 0 aliphatic rings. The molecule has 1 atom stereocenters. The Morgan fingerprint density at radius 2 is 1.95 bits per heavy atom. The number of carbonyl (C=O) groups excluding carboxylic acids is 1. The minimum absolute atomic E-state index is 0.128. The summed E-state index contributed by atoms with van der Waals surface area (Å²) in [6, 6.07) is 5.58. The van der Waals surface area contributed by atoms with Crippen LogP contribution in [-0.4, -0.2) is 18.9 Å². The Morgan fingerprint density at radius 1 is 1.30 bits per heavy atom. The fourth-order valence-corrected chi connectivity index (χ4v) is 1.85. The molecule has 0 saturated heterocycles. The molecule has 0 bridgehead atoms. The highest BCUT2D eigenvalue weighted by Crippen LogP contribution is 2.33. The van der Waals surface area contributed by atoms with Crippen molar-refractivity contribution in [1.29, 1.82) is 0 Å². The lowest BCUT2D eigenvalue weighted by Gasteiger charge is -2.24. The third-order valence-electron chi connectivity index (χ3n) is 2.96. The van der Waals surface area contributed by atoms with Crippen LogP contribution in [0.4, 0.5) is 4.39 Å². The van der Waals surface area contributed by atoms with E-state index in [2.05, 4.69) is 11.7 Å². The van der Waals surface area contributed by atoms with Crippen LogP contribution in [0.15, 0.2) is 18.2 Å². The van der Waals surface area contributed by atoms with E-state index < -0.39 is 12.3 Å². The monoisotopic (exact) mass is 282 g/mol. The molecular weight excluding hydrogens is 259 g/mol. The van der Waals surface area contributed by atoms with E-state index in [1.807, 2.05) is 32.9 Å². The highest BCUT2D eigenvalue weighted by Gasteiger charge is 2.25. The van der Waals surface area contributed by atoms with Crippen LogP contribution in [0.5, 0.6) is 5.75 Å². The molecular formula is C16H23FO3. The number of esters is 1. The van der Waals surface area contributed by atoms with Gasteiger partial charge in [0.2, 0.25) is 0 Å². The number of halogens is 1. The van der Waals surface area contributed by atoms with E-state index >= 15 is 0 Å². The molecule has 1 aromatic carbocycles. The second-order valence-corrected chi connectivity index (χ2v) is 5.62. The van der Waals surface area contributed by atoms with Crippen LogP contribution in [-0.2, 0) is 21.4 Å². The number of rotatable bonds is 5. The Morgan fingerprint density at radius 3 is 2.45 bits per heavy atom. The molecule has 1 unspecified atom stereocenters. The highest BCUT2D eigenvalue weighted by molar-refractivity contribution is 5.73. The van der Waals surface area contributed by atoms with E-state index in [1.165, 1.54) is 0 Å². The topological polar surface area (TPSA) is 35.5 Å². The van der Waals surface area contributed by atoms with Crippen LogP contribution in [0.25, 0.3) is 0 Å². The number of benzene rings is 1. The van der Waals surface area contributed by atoms with Crippen molar-refractivity contribution in [3.8, 4) is 5.75 Å². The van der Waals surface area contributed by atoms with Gasteiger partial charge in [-0.05, 0) is 36.0 Å². The normalized spacial score (nSPS) is 12.9. The first-order valence-electron chi connectivity index (χ1n) is 6.90. The summed E-state index contributed by atoms with van der Waals surface area (Å²) in [5, 5.41) is 0. The molecule has 0 amide bonds. The van der Waals surface area contributed by atoms with Crippen LogP contribution in [0.1, 0.15) is 45.7 Å². The van der Waals surface area contributed by atoms with Crippen molar-refractivity contribution in [3.63, 3.8) is 0 Å². The molecule has 0 radical (unpaired) electrons. The van der Waals surface area contributed by atoms with Crippen LogP contribution in [0.3, 0.4) is 0 Å². The van der Waals surface area contributed by atoms with Crippen molar-refractivity contribution >= 4 is 5.97 Å². The Kier molecular flexibility index (Phi) is 5.54. The first-order valence-corrected chi connectivity index (χ1v) is 6.90. The first kappa shape index (κ1) is 16.5. The molecule has 0 heterocycles. The van der Waals surface area contributed by atoms with Gasteiger partial charge in [-0.15, -0.1) is 0 Å². The molecule has 112 valence electrons. The predicted octanol–water partition coefficient (Wildman–Crippen LogP) is 3.78. The quantitative estimate of drug-likeness (QED) is 0.771. The van der Waals surface area contributed by atoms with Crippen molar-refractivity contribution in [3.05, 3.63) is 29.3 Å². The fraction of sp³-hybridized carbons (Fsp3) is 0.562. The average Bonchev–Trinajstić information content (AvgIpc) is 2.38. The second kappa shape index (κ2) is 6.73. The second-order valence-electron chi connectivity index (χ2n) is 5.62. The summed E-state index contributed by atoms with van der Waals surface area (Å²) in [5.41, 5.74) is 1.83. The predicted molar refractivity (Wildman–Crippen MR) is 76.7 cm³/mol. The van der Waals surface area contributed by atoms with Gasteiger partial charge in [0.25, 0.3) is 0 Å². The van der Waals surface area contributed by atoms with Gasteiger partial charge in [0.15, 0.2) is 0 Å². The SMILES string of the molecule is CCOC(=O)C(F)Oc1ccc(CC)cc1C(C)(C)C. The lowest BCUT2D eigenvalue weighted by Crippen LogP contribution is -2.26. The van der Waals surface area contributed by atoms with Crippen molar-refractivity contribution in [1.82, 2.24) is 0 Å². The maximum Gasteiger partial charge on any atom is 0.381 e. The third kappa shape index (κ3) is 4.22. The van der Waals surface area contributed by atoms with Gasteiger partial charge in [-0.2, -0.15) is 4.39 Å². The Balaban J connectivity index is 3.03. The zero-order valence-corrected chi connectivity index (χ0v) is 12.8. The van der Waals surface area contributed by atoms with Gasteiger partial charge >= 0.3 is 12.3 Å². The van der Waals surface area contributed by atoms with Gasteiger partial charge in [-0.25, -0.2) is 4.79 Å². The minimum atomic E-state index is -2.09. The minimum Gasteiger partial charge on any atom is -0.461 e. The van der Waals surface area contributed by atoms with Gasteiger partial charge in [-0.1, -0.05) is 39.8 Å². The zero-order chi connectivity index (χ0) is 15.3. The summed E-state index contributed by atoms with van der Waals surface area (Å²) in [5.74, 6) is -0.609. The van der Waals surface area contributed by atoms with Gasteiger partial charge in [0.1, 0.15) is 5.75 Å². The van der Waals surface area contributed by atoms with Crippen molar-refractivity contribution < 1.29 is 18.7 Å². The molecule has 0 N–H and O–H groups in total. The summed E-state index contributed by atoms with van der Waals surface area (Å²) in [6.07, 6.45) is -1.20. The van der Waals surface area contributed by atoms with E-state index in [4.69, 9.17) is 4.74 Å². The highest BCUT2D eigenvalue weighted by atomic mass is 19.1. The van der Waals surface area contributed by atoms with Gasteiger partial charge < -0.3 is 9.47 Å². The average molecular weight is 282 g/mol. The summed E-state index contributed by atoms with van der Waals surface area (Å²) in [7, 11) is 0. The third-order valence-corrected chi connectivity index (χ3v) is 2.96. The standard InChI is InChI=1S/C16H23FO3/c1-6-11-8-9-13(12(10-11)16(3,4)5)20-14(17)15(18)19-7-2/h8-10,14H,6-7H2,1-5H3. The molecule has 0 aliphatic heterocycles. The van der Waals surface area contributed by atoms with Gasteiger partial charge in [0, 0.05) is 0 Å². The molecule has 20 heavy (non-hydrogen) atoms. The molecule has 4 heteroatoms. The molecule has 0 saturated carbocycles. The summed E-state index contributed by atoms with van der Waals surface area (Å²) >= 11 is 0. The first-order chi connectivity index (χ1) is 9.29. The molecule has 0 aliphatic carbocycles. The van der Waals surface area contributed by atoms with E-state index in [0.717, 1.165) is 17.5 Å². The van der Waals surface area contributed by atoms with Crippen LogP contribution in [0.2, 0.25) is 0 Å². The number of hydrogen-bond acceptors (Lipinski definition) is 3. The number of aryl methyl sites for hydroxylation is 1.